The van der Waals surface area contributed by atoms with Crippen LogP contribution in [0.3, 0.4) is 0 Å². The fourth-order valence-electron chi connectivity index (χ4n) is 0.716. The van der Waals surface area contributed by atoms with Gasteiger partial charge in [-0.2, -0.15) is 0 Å². The largest absolute Gasteiger partial charge is 0.468 e. The molecule has 0 aliphatic heterocycles. The Hall–Kier alpha value is -1.46. The Morgan fingerprint density at radius 3 is 3.00 bits per heavy atom. The summed E-state index contributed by atoms with van der Waals surface area (Å²) in [5.74, 6) is -0.301. The molecule has 0 saturated carbocycles. The standard InChI is InChI=1S/C7H8F2N2O2/c1-11-3-2-10-6(7(11)12)13-4-5(8)9/h2-3,5H,4H2,1H3. The van der Waals surface area contributed by atoms with Gasteiger partial charge in [-0.25, -0.2) is 13.8 Å². The molecule has 0 spiro atoms. The third-order valence-corrected chi connectivity index (χ3v) is 1.33. The quantitative estimate of drug-likeness (QED) is 0.694. The predicted molar refractivity (Wildman–Crippen MR) is 41.0 cm³/mol. The lowest BCUT2D eigenvalue weighted by atomic mass is 10.6. The van der Waals surface area contributed by atoms with E-state index in [1.165, 1.54) is 24.0 Å². The molecule has 0 radical (unpaired) electrons. The Morgan fingerprint density at radius 2 is 2.38 bits per heavy atom. The van der Waals surface area contributed by atoms with Crippen LogP contribution < -0.4 is 10.3 Å². The molecule has 1 aromatic rings. The van der Waals surface area contributed by atoms with E-state index in [-0.39, 0.29) is 5.88 Å². The molecule has 0 aliphatic carbocycles. The fourth-order valence-corrected chi connectivity index (χ4v) is 0.716. The number of hydrogen-bond donors (Lipinski definition) is 0. The number of hydrogen-bond acceptors (Lipinski definition) is 3. The highest BCUT2D eigenvalue weighted by molar-refractivity contribution is 5.03. The lowest BCUT2D eigenvalue weighted by molar-refractivity contribution is 0.0785. The number of halogens is 2. The van der Waals surface area contributed by atoms with Crippen molar-refractivity contribution in [3.63, 3.8) is 0 Å². The molecule has 72 valence electrons. The summed E-state index contributed by atoms with van der Waals surface area (Å²) in [6.45, 7) is -0.813. The molecule has 1 heterocycles. The van der Waals surface area contributed by atoms with Crippen LogP contribution in [0, 0.1) is 0 Å². The summed E-state index contributed by atoms with van der Waals surface area (Å²) in [7, 11) is 1.49. The van der Waals surface area contributed by atoms with Gasteiger partial charge in [-0.15, -0.1) is 0 Å². The van der Waals surface area contributed by atoms with E-state index in [1.54, 1.807) is 0 Å². The number of rotatable bonds is 3. The van der Waals surface area contributed by atoms with Crippen LogP contribution in [0.1, 0.15) is 0 Å². The number of aryl methyl sites for hydroxylation is 1. The van der Waals surface area contributed by atoms with Gasteiger partial charge in [-0.3, -0.25) is 4.79 Å². The van der Waals surface area contributed by atoms with E-state index in [0.29, 0.717) is 0 Å². The van der Waals surface area contributed by atoms with E-state index in [2.05, 4.69) is 9.72 Å². The first-order chi connectivity index (χ1) is 6.11. The van der Waals surface area contributed by atoms with Crippen molar-refractivity contribution < 1.29 is 13.5 Å². The molecule has 0 saturated heterocycles. The van der Waals surface area contributed by atoms with Gasteiger partial charge in [0.2, 0.25) is 0 Å². The third-order valence-electron chi connectivity index (χ3n) is 1.33. The average Bonchev–Trinajstić information content (AvgIpc) is 2.07. The second-order valence-corrected chi connectivity index (χ2v) is 2.35. The van der Waals surface area contributed by atoms with Crippen molar-refractivity contribution in [2.45, 2.75) is 6.43 Å². The molecule has 1 rings (SSSR count). The maximum absolute atomic E-state index is 11.7. The number of nitrogens with zero attached hydrogens (tertiary/aromatic N) is 2. The number of alkyl halides is 2. The highest BCUT2D eigenvalue weighted by Gasteiger charge is 2.07. The first-order valence-electron chi connectivity index (χ1n) is 3.54. The van der Waals surface area contributed by atoms with Crippen LogP contribution in [0.5, 0.6) is 5.88 Å². The molecule has 0 unspecified atom stereocenters. The summed E-state index contributed by atoms with van der Waals surface area (Å²) in [6, 6.07) is 0. The highest BCUT2D eigenvalue weighted by atomic mass is 19.3. The van der Waals surface area contributed by atoms with Crippen molar-refractivity contribution in [1.29, 1.82) is 0 Å². The molecule has 0 N–H and O–H groups in total. The minimum atomic E-state index is -2.60. The van der Waals surface area contributed by atoms with Gasteiger partial charge in [0.25, 0.3) is 12.3 Å². The topological polar surface area (TPSA) is 44.1 Å². The van der Waals surface area contributed by atoms with Crippen molar-refractivity contribution in [1.82, 2.24) is 9.55 Å². The molecule has 0 aromatic carbocycles. The molecule has 0 aliphatic rings. The van der Waals surface area contributed by atoms with Gasteiger partial charge in [-0.1, -0.05) is 0 Å². The first kappa shape index (κ1) is 9.63. The summed E-state index contributed by atoms with van der Waals surface area (Å²) >= 11 is 0. The zero-order chi connectivity index (χ0) is 9.84. The van der Waals surface area contributed by atoms with E-state index < -0.39 is 18.6 Å². The molecule has 6 heteroatoms. The van der Waals surface area contributed by atoms with E-state index in [9.17, 15) is 13.6 Å². The second-order valence-electron chi connectivity index (χ2n) is 2.35. The van der Waals surface area contributed by atoms with Crippen molar-refractivity contribution in [3.8, 4) is 5.88 Å². The average molecular weight is 190 g/mol. The number of ether oxygens (including phenoxy) is 1. The van der Waals surface area contributed by atoms with Gasteiger partial charge in [0.1, 0.15) is 0 Å². The summed E-state index contributed by atoms with van der Waals surface area (Å²) < 4.78 is 29.1. The van der Waals surface area contributed by atoms with Gasteiger partial charge >= 0.3 is 5.56 Å². The minimum Gasteiger partial charge on any atom is -0.468 e. The molecule has 0 atom stereocenters. The maximum Gasteiger partial charge on any atom is 0.313 e. The van der Waals surface area contributed by atoms with Crippen LogP contribution in [0.2, 0.25) is 0 Å². The lowest BCUT2D eigenvalue weighted by Gasteiger charge is -2.03. The molecule has 0 bridgehead atoms. The van der Waals surface area contributed by atoms with Crippen molar-refractivity contribution in [3.05, 3.63) is 22.7 Å². The molecule has 13 heavy (non-hydrogen) atoms. The summed E-state index contributed by atoms with van der Waals surface area (Å²) in [6.07, 6.45) is 0.117. The Kier molecular flexibility index (Phi) is 2.94. The van der Waals surface area contributed by atoms with Crippen LogP contribution in [-0.4, -0.2) is 22.6 Å². The van der Waals surface area contributed by atoms with Gasteiger partial charge in [0.05, 0.1) is 0 Å². The van der Waals surface area contributed by atoms with E-state index in [4.69, 9.17) is 0 Å². The summed E-state index contributed by atoms with van der Waals surface area (Å²) in [5, 5.41) is 0. The zero-order valence-electron chi connectivity index (χ0n) is 6.91. The second kappa shape index (κ2) is 3.97. The van der Waals surface area contributed by atoms with Gasteiger partial charge < -0.3 is 9.30 Å². The Balaban J connectivity index is 2.78. The smallest absolute Gasteiger partial charge is 0.313 e. The monoisotopic (exact) mass is 190 g/mol. The lowest BCUT2D eigenvalue weighted by Crippen LogP contribution is -2.21. The highest BCUT2D eigenvalue weighted by Crippen LogP contribution is 1.98. The van der Waals surface area contributed by atoms with Crippen LogP contribution >= 0.6 is 0 Å². The van der Waals surface area contributed by atoms with Crippen molar-refractivity contribution >= 4 is 0 Å². The molecular weight excluding hydrogens is 182 g/mol. The van der Waals surface area contributed by atoms with Crippen LogP contribution in [0.4, 0.5) is 8.78 Å². The minimum absolute atomic E-state index is 0.301. The Bertz CT molecular complexity index is 338. The van der Waals surface area contributed by atoms with Gasteiger partial charge in [0, 0.05) is 19.4 Å². The normalized spacial score (nSPS) is 10.5. The van der Waals surface area contributed by atoms with E-state index in [1.807, 2.05) is 0 Å². The van der Waals surface area contributed by atoms with E-state index in [0.717, 1.165) is 0 Å². The maximum atomic E-state index is 11.7. The van der Waals surface area contributed by atoms with Crippen LogP contribution in [0.15, 0.2) is 17.2 Å². The van der Waals surface area contributed by atoms with Crippen molar-refractivity contribution in [2.75, 3.05) is 6.61 Å². The van der Waals surface area contributed by atoms with Gasteiger partial charge in [-0.05, 0) is 0 Å². The molecule has 1 aromatic heterocycles. The summed E-state index contributed by atoms with van der Waals surface area (Å²) in [4.78, 5) is 14.6. The molecular formula is C7H8F2N2O2. The Labute approximate surface area is 72.8 Å². The van der Waals surface area contributed by atoms with Crippen LogP contribution in [-0.2, 0) is 7.05 Å². The first-order valence-corrected chi connectivity index (χ1v) is 3.54. The van der Waals surface area contributed by atoms with Gasteiger partial charge in [0.15, 0.2) is 6.61 Å². The fraction of sp³-hybridized carbons (Fsp3) is 0.429. The summed E-state index contributed by atoms with van der Waals surface area (Å²) in [5.41, 5.74) is -0.525. The molecule has 0 fully saturated rings. The molecule has 0 amide bonds. The Morgan fingerprint density at radius 1 is 1.69 bits per heavy atom. The predicted octanol–water partition coefficient (Wildman–Crippen LogP) is 0.424. The van der Waals surface area contributed by atoms with Crippen molar-refractivity contribution in [2.24, 2.45) is 7.05 Å². The third kappa shape index (κ3) is 2.50. The van der Waals surface area contributed by atoms with E-state index >= 15 is 0 Å². The SMILES string of the molecule is Cn1ccnc(OCC(F)F)c1=O. The van der Waals surface area contributed by atoms with Crippen LogP contribution in [0.25, 0.3) is 0 Å². The number of aromatic nitrogens is 2. The molecule has 4 nitrogen and oxygen atoms in total. The zero-order valence-corrected chi connectivity index (χ0v) is 6.91.